The van der Waals surface area contributed by atoms with Gasteiger partial charge in [0, 0.05) is 48.8 Å². The Balaban J connectivity index is 1.29. The zero-order valence-electron chi connectivity index (χ0n) is 15.4. The third-order valence-electron chi connectivity index (χ3n) is 4.60. The number of carbonyl (C=O) groups is 1. The van der Waals surface area contributed by atoms with E-state index in [1.165, 1.54) is 10.9 Å². The summed E-state index contributed by atoms with van der Waals surface area (Å²) in [5.74, 6) is 0.611. The molecule has 140 valence electrons. The van der Waals surface area contributed by atoms with Crippen LogP contribution in [0.25, 0.3) is 10.9 Å². The highest BCUT2D eigenvalue weighted by Crippen LogP contribution is 2.18. The van der Waals surface area contributed by atoms with Crippen LogP contribution in [-0.4, -0.2) is 27.4 Å². The van der Waals surface area contributed by atoms with E-state index in [-0.39, 0.29) is 5.91 Å². The van der Waals surface area contributed by atoms with Gasteiger partial charge in [0.1, 0.15) is 5.82 Å². The van der Waals surface area contributed by atoms with E-state index < -0.39 is 0 Å². The molecule has 4 aromatic rings. The number of pyridine rings is 2. The summed E-state index contributed by atoms with van der Waals surface area (Å²) >= 11 is 0. The second-order valence-electron chi connectivity index (χ2n) is 6.51. The van der Waals surface area contributed by atoms with Crippen molar-refractivity contribution in [2.75, 3.05) is 11.9 Å². The van der Waals surface area contributed by atoms with Crippen molar-refractivity contribution >= 4 is 22.6 Å². The van der Waals surface area contributed by atoms with E-state index in [0.717, 1.165) is 29.9 Å². The van der Waals surface area contributed by atoms with Crippen molar-refractivity contribution in [2.24, 2.45) is 0 Å². The molecule has 1 amide bonds. The van der Waals surface area contributed by atoms with Crippen LogP contribution in [0.5, 0.6) is 0 Å². The van der Waals surface area contributed by atoms with Crippen LogP contribution in [0.15, 0.2) is 73.3 Å². The maximum absolute atomic E-state index is 12.2. The van der Waals surface area contributed by atoms with Gasteiger partial charge in [-0.05, 0) is 47.9 Å². The topological polar surface area (TPSA) is 82.7 Å². The predicted octanol–water partition coefficient (Wildman–Crippen LogP) is 3.54. The van der Waals surface area contributed by atoms with Crippen LogP contribution >= 0.6 is 0 Å². The molecule has 4 rings (SSSR count). The first-order valence-corrected chi connectivity index (χ1v) is 9.21. The van der Waals surface area contributed by atoms with Gasteiger partial charge in [0.25, 0.3) is 5.91 Å². The van der Waals surface area contributed by atoms with E-state index in [4.69, 9.17) is 0 Å². The number of nitrogens with one attached hydrogen (secondary N) is 3. The van der Waals surface area contributed by atoms with Gasteiger partial charge in [-0.3, -0.25) is 9.78 Å². The summed E-state index contributed by atoms with van der Waals surface area (Å²) in [6.07, 6.45) is 7.95. The van der Waals surface area contributed by atoms with E-state index in [2.05, 4.69) is 43.9 Å². The first-order valence-electron chi connectivity index (χ1n) is 9.21. The quantitative estimate of drug-likeness (QED) is 0.464. The average Bonchev–Trinajstić information content (AvgIpc) is 3.16. The highest BCUT2D eigenvalue weighted by atomic mass is 16.1. The van der Waals surface area contributed by atoms with Gasteiger partial charge in [-0.15, -0.1) is 0 Å². The standard InChI is InChI=1S/C22H21N5O/c28-22(27-13-16-7-10-23-11-8-16)18-5-6-21(26-15-18)24-12-9-17-14-25-20-4-2-1-3-19(17)20/h1-8,10-11,14-15,25H,9,12-13H2,(H,24,26)(H,27,28). The Bertz CT molecular complexity index is 1060. The first-order chi connectivity index (χ1) is 13.8. The lowest BCUT2D eigenvalue weighted by molar-refractivity contribution is 0.0950. The number of H-pyrrole nitrogens is 1. The molecular formula is C22H21N5O. The first kappa shape index (κ1) is 17.7. The molecule has 3 heterocycles. The van der Waals surface area contributed by atoms with Gasteiger partial charge >= 0.3 is 0 Å². The summed E-state index contributed by atoms with van der Waals surface area (Å²) in [4.78, 5) is 23.8. The zero-order chi connectivity index (χ0) is 19.2. The molecule has 1 aromatic carbocycles. The van der Waals surface area contributed by atoms with Crippen LogP contribution in [0, 0.1) is 0 Å². The van der Waals surface area contributed by atoms with Crippen LogP contribution in [0.1, 0.15) is 21.5 Å². The lowest BCUT2D eigenvalue weighted by Gasteiger charge is -2.07. The molecule has 3 aromatic heterocycles. The molecule has 0 fully saturated rings. The molecule has 6 heteroatoms. The number of amides is 1. The number of fused-ring (bicyclic) bond motifs is 1. The zero-order valence-corrected chi connectivity index (χ0v) is 15.4. The minimum atomic E-state index is -0.144. The molecule has 0 aliphatic heterocycles. The van der Waals surface area contributed by atoms with Crippen molar-refractivity contribution in [2.45, 2.75) is 13.0 Å². The van der Waals surface area contributed by atoms with E-state index >= 15 is 0 Å². The van der Waals surface area contributed by atoms with Gasteiger partial charge in [0.05, 0.1) is 5.56 Å². The fraction of sp³-hybridized carbons (Fsp3) is 0.136. The SMILES string of the molecule is O=C(NCc1ccncc1)c1ccc(NCCc2c[nH]c3ccccc23)nc1. The highest BCUT2D eigenvalue weighted by molar-refractivity contribution is 5.94. The number of carbonyl (C=O) groups excluding carboxylic acids is 1. The molecular weight excluding hydrogens is 350 g/mol. The number of hydrogen-bond acceptors (Lipinski definition) is 4. The Labute approximate surface area is 163 Å². The number of anilines is 1. The van der Waals surface area contributed by atoms with Gasteiger partial charge in [0.15, 0.2) is 0 Å². The molecule has 0 saturated heterocycles. The minimum absolute atomic E-state index is 0.144. The van der Waals surface area contributed by atoms with E-state index in [1.807, 2.05) is 30.3 Å². The van der Waals surface area contributed by atoms with Gasteiger partial charge < -0.3 is 15.6 Å². The number of hydrogen-bond donors (Lipinski definition) is 3. The molecule has 0 saturated carbocycles. The van der Waals surface area contributed by atoms with E-state index in [9.17, 15) is 4.79 Å². The van der Waals surface area contributed by atoms with Gasteiger partial charge in [-0.25, -0.2) is 4.98 Å². The largest absolute Gasteiger partial charge is 0.370 e. The number of rotatable bonds is 7. The monoisotopic (exact) mass is 371 g/mol. The van der Waals surface area contributed by atoms with Crippen molar-refractivity contribution in [3.8, 4) is 0 Å². The van der Waals surface area contributed by atoms with Gasteiger partial charge in [-0.2, -0.15) is 0 Å². The smallest absolute Gasteiger partial charge is 0.253 e. The Kier molecular flexibility index (Phi) is 5.29. The Morgan fingerprint density at radius 3 is 2.71 bits per heavy atom. The average molecular weight is 371 g/mol. The maximum Gasteiger partial charge on any atom is 0.253 e. The highest BCUT2D eigenvalue weighted by Gasteiger charge is 2.07. The van der Waals surface area contributed by atoms with Crippen molar-refractivity contribution in [1.29, 1.82) is 0 Å². The fourth-order valence-electron chi connectivity index (χ4n) is 3.08. The molecule has 0 spiro atoms. The summed E-state index contributed by atoms with van der Waals surface area (Å²) in [6, 6.07) is 15.6. The van der Waals surface area contributed by atoms with Crippen LogP contribution in [-0.2, 0) is 13.0 Å². The fourth-order valence-corrected chi connectivity index (χ4v) is 3.08. The second kappa shape index (κ2) is 8.35. The van der Waals surface area contributed by atoms with Crippen molar-refractivity contribution < 1.29 is 4.79 Å². The molecule has 0 aliphatic carbocycles. The summed E-state index contributed by atoms with van der Waals surface area (Å²) < 4.78 is 0. The number of aromatic amines is 1. The van der Waals surface area contributed by atoms with Crippen molar-refractivity contribution in [3.63, 3.8) is 0 Å². The third kappa shape index (κ3) is 4.17. The second-order valence-corrected chi connectivity index (χ2v) is 6.51. The summed E-state index contributed by atoms with van der Waals surface area (Å²) in [6.45, 7) is 1.23. The van der Waals surface area contributed by atoms with Crippen molar-refractivity contribution in [1.82, 2.24) is 20.3 Å². The molecule has 3 N–H and O–H groups in total. The number of aromatic nitrogens is 3. The Hall–Kier alpha value is -3.67. The predicted molar refractivity (Wildman–Crippen MR) is 110 cm³/mol. The van der Waals surface area contributed by atoms with E-state index in [0.29, 0.717) is 12.1 Å². The summed E-state index contributed by atoms with van der Waals surface area (Å²) in [5, 5.41) is 7.44. The molecule has 0 unspecified atom stereocenters. The molecule has 0 bridgehead atoms. The molecule has 0 aliphatic rings. The maximum atomic E-state index is 12.2. The molecule has 6 nitrogen and oxygen atoms in total. The Morgan fingerprint density at radius 2 is 1.89 bits per heavy atom. The minimum Gasteiger partial charge on any atom is -0.370 e. The van der Waals surface area contributed by atoms with Crippen LogP contribution < -0.4 is 10.6 Å². The molecule has 0 radical (unpaired) electrons. The number of para-hydroxylation sites is 1. The van der Waals surface area contributed by atoms with Gasteiger partial charge in [0.2, 0.25) is 0 Å². The lowest BCUT2D eigenvalue weighted by atomic mass is 10.1. The lowest BCUT2D eigenvalue weighted by Crippen LogP contribution is -2.23. The summed E-state index contributed by atoms with van der Waals surface area (Å²) in [5.41, 5.74) is 3.97. The third-order valence-corrected chi connectivity index (χ3v) is 4.60. The molecule has 0 atom stereocenters. The van der Waals surface area contributed by atoms with Crippen LogP contribution in [0.4, 0.5) is 5.82 Å². The molecule has 28 heavy (non-hydrogen) atoms. The van der Waals surface area contributed by atoms with Crippen molar-refractivity contribution in [3.05, 3.63) is 90.0 Å². The summed E-state index contributed by atoms with van der Waals surface area (Å²) in [7, 11) is 0. The van der Waals surface area contributed by atoms with Gasteiger partial charge in [-0.1, -0.05) is 18.2 Å². The normalized spacial score (nSPS) is 10.7. The van der Waals surface area contributed by atoms with E-state index in [1.54, 1.807) is 24.7 Å². The van der Waals surface area contributed by atoms with Crippen LogP contribution in [0.2, 0.25) is 0 Å². The number of nitrogens with zero attached hydrogens (tertiary/aromatic N) is 2. The Morgan fingerprint density at radius 1 is 1.04 bits per heavy atom. The van der Waals surface area contributed by atoms with Crippen LogP contribution in [0.3, 0.4) is 0 Å². The number of benzene rings is 1.